The van der Waals surface area contributed by atoms with Gasteiger partial charge in [0.25, 0.3) is 0 Å². The Morgan fingerprint density at radius 1 is 1.29 bits per heavy atom. The normalized spacial score (nSPS) is 16.1. The second-order valence-electron chi connectivity index (χ2n) is 4.57. The third kappa shape index (κ3) is 3.38. The summed E-state index contributed by atoms with van der Waals surface area (Å²) in [7, 11) is 1.68. The molecule has 0 atom stereocenters. The van der Waals surface area contributed by atoms with Gasteiger partial charge in [0.2, 0.25) is 0 Å². The molecule has 0 spiro atoms. The van der Waals surface area contributed by atoms with E-state index in [0.29, 0.717) is 0 Å². The molecule has 0 aliphatic heterocycles. The molecular formula is C14H19BrO2. The van der Waals surface area contributed by atoms with E-state index in [1.54, 1.807) is 7.11 Å². The third-order valence-electron chi connectivity index (χ3n) is 3.37. The summed E-state index contributed by atoms with van der Waals surface area (Å²) >= 11 is 3.49. The van der Waals surface area contributed by atoms with Gasteiger partial charge in [0.05, 0.1) is 13.7 Å². The Hall–Kier alpha value is -0.700. The molecule has 1 fully saturated rings. The highest BCUT2D eigenvalue weighted by molar-refractivity contribution is 9.08. The van der Waals surface area contributed by atoms with Gasteiger partial charge in [0.15, 0.2) is 0 Å². The van der Waals surface area contributed by atoms with E-state index in [1.165, 1.54) is 31.2 Å². The lowest BCUT2D eigenvalue weighted by atomic mass is 10.1. The number of hydrogen-bond acceptors (Lipinski definition) is 2. The van der Waals surface area contributed by atoms with Crippen LogP contribution in [0, 0.1) is 5.92 Å². The van der Waals surface area contributed by atoms with Gasteiger partial charge in [0, 0.05) is 17.0 Å². The average molecular weight is 299 g/mol. The van der Waals surface area contributed by atoms with Gasteiger partial charge in [-0.05, 0) is 24.8 Å². The van der Waals surface area contributed by atoms with Gasteiger partial charge in [-0.25, -0.2) is 0 Å². The quantitative estimate of drug-likeness (QED) is 0.760. The van der Waals surface area contributed by atoms with Crippen LogP contribution in [0.15, 0.2) is 18.2 Å². The Morgan fingerprint density at radius 3 is 2.71 bits per heavy atom. The van der Waals surface area contributed by atoms with Gasteiger partial charge >= 0.3 is 0 Å². The molecule has 1 aliphatic carbocycles. The number of benzene rings is 1. The monoisotopic (exact) mass is 298 g/mol. The van der Waals surface area contributed by atoms with Crippen LogP contribution in [0.2, 0.25) is 0 Å². The van der Waals surface area contributed by atoms with Crippen LogP contribution in [0.5, 0.6) is 11.5 Å². The van der Waals surface area contributed by atoms with Crippen molar-refractivity contribution in [1.29, 1.82) is 0 Å². The van der Waals surface area contributed by atoms with Crippen LogP contribution >= 0.6 is 15.9 Å². The van der Waals surface area contributed by atoms with Crippen molar-refractivity contribution < 1.29 is 9.47 Å². The van der Waals surface area contributed by atoms with E-state index in [4.69, 9.17) is 9.47 Å². The molecule has 94 valence electrons. The summed E-state index contributed by atoms with van der Waals surface area (Å²) in [5.41, 5.74) is 1.18. The van der Waals surface area contributed by atoms with Crippen LogP contribution in [-0.4, -0.2) is 13.7 Å². The lowest BCUT2D eigenvalue weighted by Gasteiger charge is -2.14. The lowest BCUT2D eigenvalue weighted by Crippen LogP contribution is -2.09. The summed E-state index contributed by atoms with van der Waals surface area (Å²) in [6, 6.07) is 6.00. The van der Waals surface area contributed by atoms with E-state index in [2.05, 4.69) is 22.0 Å². The summed E-state index contributed by atoms with van der Waals surface area (Å²) in [5, 5.41) is 0.816. The number of methoxy groups -OCH3 is 1. The molecule has 2 rings (SSSR count). The minimum Gasteiger partial charge on any atom is -0.497 e. The first-order valence-electron chi connectivity index (χ1n) is 6.19. The molecular weight excluding hydrogens is 280 g/mol. The second-order valence-corrected chi connectivity index (χ2v) is 5.13. The molecule has 2 nitrogen and oxygen atoms in total. The highest BCUT2D eigenvalue weighted by atomic mass is 79.9. The number of rotatable bonds is 5. The molecule has 1 saturated carbocycles. The largest absolute Gasteiger partial charge is 0.497 e. The minimum absolute atomic E-state index is 0.740. The molecule has 0 radical (unpaired) electrons. The summed E-state index contributed by atoms with van der Waals surface area (Å²) in [6.07, 6.45) is 5.34. The predicted octanol–water partition coefficient (Wildman–Crippen LogP) is 4.16. The fraction of sp³-hybridized carbons (Fsp3) is 0.571. The molecule has 1 aromatic carbocycles. The van der Waals surface area contributed by atoms with E-state index < -0.39 is 0 Å². The smallest absolute Gasteiger partial charge is 0.127 e. The van der Waals surface area contributed by atoms with Crippen LogP contribution in [0.3, 0.4) is 0 Å². The van der Waals surface area contributed by atoms with Gasteiger partial charge in [-0.3, -0.25) is 0 Å². The Kier molecular flexibility index (Phi) is 4.72. The van der Waals surface area contributed by atoms with E-state index in [0.717, 1.165) is 29.4 Å². The molecule has 1 aromatic rings. The Labute approximate surface area is 111 Å². The van der Waals surface area contributed by atoms with Crippen molar-refractivity contribution in [3.63, 3.8) is 0 Å². The first kappa shape index (κ1) is 12.7. The first-order chi connectivity index (χ1) is 8.33. The fourth-order valence-corrected chi connectivity index (χ4v) is 2.75. The van der Waals surface area contributed by atoms with Crippen LogP contribution in [-0.2, 0) is 5.33 Å². The summed E-state index contributed by atoms with van der Waals surface area (Å²) in [6.45, 7) is 0.840. The zero-order valence-corrected chi connectivity index (χ0v) is 11.8. The molecule has 0 unspecified atom stereocenters. The second kappa shape index (κ2) is 6.29. The van der Waals surface area contributed by atoms with Gasteiger partial charge in [-0.15, -0.1) is 0 Å². The summed E-state index contributed by atoms with van der Waals surface area (Å²) < 4.78 is 11.2. The van der Waals surface area contributed by atoms with Crippen LogP contribution in [0.4, 0.5) is 0 Å². The zero-order chi connectivity index (χ0) is 12.1. The molecule has 0 bridgehead atoms. The lowest BCUT2D eigenvalue weighted by molar-refractivity contribution is 0.249. The highest BCUT2D eigenvalue weighted by Gasteiger charge is 2.16. The number of halogens is 1. The van der Waals surface area contributed by atoms with Crippen molar-refractivity contribution in [2.75, 3.05) is 13.7 Å². The number of alkyl halides is 1. The van der Waals surface area contributed by atoms with Crippen molar-refractivity contribution in [2.45, 2.75) is 31.0 Å². The molecule has 3 heteroatoms. The van der Waals surface area contributed by atoms with Crippen molar-refractivity contribution >= 4 is 15.9 Å². The van der Waals surface area contributed by atoms with Crippen LogP contribution in [0.25, 0.3) is 0 Å². The van der Waals surface area contributed by atoms with Crippen molar-refractivity contribution in [2.24, 2.45) is 5.92 Å². The number of hydrogen-bond donors (Lipinski definition) is 0. The van der Waals surface area contributed by atoms with Crippen molar-refractivity contribution in [1.82, 2.24) is 0 Å². The maximum absolute atomic E-state index is 5.94. The van der Waals surface area contributed by atoms with E-state index >= 15 is 0 Å². The Bertz CT molecular complexity index is 359. The van der Waals surface area contributed by atoms with Gasteiger partial charge in [0.1, 0.15) is 11.5 Å². The molecule has 0 aromatic heterocycles. The summed E-state index contributed by atoms with van der Waals surface area (Å²) in [4.78, 5) is 0. The zero-order valence-electron chi connectivity index (χ0n) is 10.2. The summed E-state index contributed by atoms with van der Waals surface area (Å²) in [5.74, 6) is 2.55. The molecule has 0 N–H and O–H groups in total. The highest BCUT2D eigenvalue weighted by Crippen LogP contribution is 2.29. The first-order valence-corrected chi connectivity index (χ1v) is 7.31. The molecule has 0 amide bonds. The SMILES string of the molecule is COc1ccc(CBr)c(OCC2CCCC2)c1. The molecule has 1 aliphatic rings. The van der Waals surface area contributed by atoms with Gasteiger partial charge in [-0.2, -0.15) is 0 Å². The van der Waals surface area contributed by atoms with Gasteiger partial charge < -0.3 is 9.47 Å². The van der Waals surface area contributed by atoms with E-state index in [9.17, 15) is 0 Å². The Balaban J connectivity index is 2.01. The minimum atomic E-state index is 0.740. The van der Waals surface area contributed by atoms with E-state index in [-0.39, 0.29) is 0 Å². The predicted molar refractivity (Wildman–Crippen MR) is 73.1 cm³/mol. The van der Waals surface area contributed by atoms with Gasteiger partial charge in [-0.1, -0.05) is 34.8 Å². The topological polar surface area (TPSA) is 18.5 Å². The molecule has 0 saturated heterocycles. The average Bonchev–Trinajstić information content (AvgIpc) is 2.89. The molecule has 0 heterocycles. The number of ether oxygens (including phenoxy) is 2. The van der Waals surface area contributed by atoms with Crippen LogP contribution < -0.4 is 9.47 Å². The fourth-order valence-electron chi connectivity index (χ4n) is 2.29. The van der Waals surface area contributed by atoms with Crippen molar-refractivity contribution in [3.05, 3.63) is 23.8 Å². The Morgan fingerprint density at radius 2 is 2.06 bits per heavy atom. The standard InChI is InChI=1S/C14H19BrO2/c1-16-13-7-6-12(9-15)14(8-13)17-10-11-4-2-3-5-11/h6-8,11H,2-5,9-10H2,1H3. The van der Waals surface area contributed by atoms with Crippen LogP contribution in [0.1, 0.15) is 31.2 Å². The maximum Gasteiger partial charge on any atom is 0.127 e. The third-order valence-corrected chi connectivity index (χ3v) is 3.97. The maximum atomic E-state index is 5.94. The molecule has 17 heavy (non-hydrogen) atoms. The van der Waals surface area contributed by atoms with Crippen molar-refractivity contribution in [3.8, 4) is 11.5 Å². The van der Waals surface area contributed by atoms with E-state index in [1.807, 2.05) is 12.1 Å².